The van der Waals surface area contributed by atoms with Crippen molar-refractivity contribution in [1.29, 1.82) is 0 Å². The second kappa shape index (κ2) is 9.30. The highest BCUT2D eigenvalue weighted by molar-refractivity contribution is 5.98. The van der Waals surface area contributed by atoms with Crippen LogP contribution in [0.15, 0.2) is 48.5 Å². The van der Waals surface area contributed by atoms with Crippen LogP contribution in [0, 0.1) is 5.92 Å². The van der Waals surface area contributed by atoms with Crippen LogP contribution in [0.1, 0.15) is 35.2 Å². The number of rotatable bonds is 6. The number of methoxy groups -OCH3 is 1. The summed E-state index contributed by atoms with van der Waals surface area (Å²) >= 11 is 0. The quantitative estimate of drug-likeness (QED) is 0.797. The van der Waals surface area contributed by atoms with Crippen LogP contribution in [0.2, 0.25) is 0 Å². The smallest absolute Gasteiger partial charge is 0.253 e. The maximum absolute atomic E-state index is 13.1. The van der Waals surface area contributed by atoms with Gasteiger partial charge in [-0.05, 0) is 55.2 Å². The molecule has 0 aromatic heterocycles. The van der Waals surface area contributed by atoms with Crippen molar-refractivity contribution in [2.75, 3.05) is 38.6 Å². The van der Waals surface area contributed by atoms with Crippen LogP contribution in [0.3, 0.4) is 0 Å². The van der Waals surface area contributed by atoms with E-state index in [0.29, 0.717) is 17.8 Å². The van der Waals surface area contributed by atoms with Crippen LogP contribution >= 0.6 is 0 Å². The molecule has 30 heavy (non-hydrogen) atoms. The summed E-state index contributed by atoms with van der Waals surface area (Å²) in [6, 6.07) is 15.5. The van der Waals surface area contributed by atoms with Crippen LogP contribution in [-0.2, 0) is 11.3 Å². The molecule has 6 heteroatoms. The van der Waals surface area contributed by atoms with Crippen LogP contribution in [0.4, 0.5) is 5.69 Å². The molecule has 6 nitrogen and oxygen atoms in total. The Bertz CT molecular complexity index is 893. The predicted molar refractivity (Wildman–Crippen MR) is 117 cm³/mol. The molecule has 0 atom stereocenters. The summed E-state index contributed by atoms with van der Waals surface area (Å²) < 4.78 is 5.22. The summed E-state index contributed by atoms with van der Waals surface area (Å²) in [6.07, 6.45) is 2.87. The molecule has 4 rings (SSSR count). The Hall–Kier alpha value is -2.86. The van der Waals surface area contributed by atoms with Gasteiger partial charge in [-0.1, -0.05) is 18.2 Å². The van der Waals surface area contributed by atoms with Gasteiger partial charge < -0.3 is 15.0 Å². The van der Waals surface area contributed by atoms with E-state index in [4.69, 9.17) is 4.74 Å². The van der Waals surface area contributed by atoms with Crippen LogP contribution in [0.25, 0.3) is 0 Å². The fourth-order valence-corrected chi connectivity index (χ4v) is 3.82. The van der Waals surface area contributed by atoms with Gasteiger partial charge in [-0.15, -0.1) is 0 Å². The van der Waals surface area contributed by atoms with E-state index in [9.17, 15) is 9.59 Å². The first-order valence-electron chi connectivity index (χ1n) is 10.7. The second-order valence-electron chi connectivity index (χ2n) is 8.11. The number of hydrogen-bond acceptors (Lipinski definition) is 4. The number of carbonyl (C=O) groups is 2. The zero-order valence-electron chi connectivity index (χ0n) is 17.5. The Morgan fingerprint density at radius 1 is 1.03 bits per heavy atom. The van der Waals surface area contributed by atoms with Gasteiger partial charge in [0, 0.05) is 49.9 Å². The minimum Gasteiger partial charge on any atom is -0.497 e. The minimum absolute atomic E-state index is 0.0313. The summed E-state index contributed by atoms with van der Waals surface area (Å²) in [5.74, 6) is 1.10. The molecule has 1 heterocycles. The molecule has 0 spiro atoms. The Labute approximate surface area is 177 Å². The summed E-state index contributed by atoms with van der Waals surface area (Å²) in [7, 11) is 1.67. The third-order valence-corrected chi connectivity index (χ3v) is 5.77. The standard InChI is InChI=1S/C24H29N3O3/c1-30-22-10-6-18(7-11-22)17-26-12-3-13-27(15-14-26)24(29)20-4-2-5-21(16-20)25-23(28)19-8-9-19/h2,4-7,10-11,16,19H,3,8-9,12-15,17H2,1H3,(H,25,28). The monoisotopic (exact) mass is 407 g/mol. The normalized spacial score (nSPS) is 17.3. The molecule has 2 aromatic rings. The van der Waals surface area contributed by atoms with E-state index in [1.165, 1.54) is 5.56 Å². The maximum atomic E-state index is 13.1. The fraction of sp³-hybridized carbons (Fsp3) is 0.417. The summed E-state index contributed by atoms with van der Waals surface area (Å²) in [5.41, 5.74) is 2.58. The predicted octanol–water partition coefficient (Wildman–Crippen LogP) is 3.39. The Balaban J connectivity index is 1.34. The van der Waals surface area contributed by atoms with Gasteiger partial charge in [0.1, 0.15) is 5.75 Å². The van der Waals surface area contributed by atoms with Gasteiger partial charge >= 0.3 is 0 Å². The van der Waals surface area contributed by atoms with Crippen molar-refractivity contribution in [2.24, 2.45) is 5.92 Å². The molecule has 1 saturated heterocycles. The molecular weight excluding hydrogens is 378 g/mol. The van der Waals surface area contributed by atoms with Gasteiger partial charge in [0.05, 0.1) is 7.11 Å². The lowest BCUT2D eigenvalue weighted by Gasteiger charge is -2.22. The largest absolute Gasteiger partial charge is 0.497 e. The van der Waals surface area contributed by atoms with Gasteiger partial charge in [-0.25, -0.2) is 0 Å². The van der Waals surface area contributed by atoms with E-state index in [-0.39, 0.29) is 17.7 Å². The zero-order chi connectivity index (χ0) is 20.9. The molecule has 1 aliphatic carbocycles. The summed E-state index contributed by atoms with van der Waals surface area (Å²) in [5, 5.41) is 2.93. The van der Waals surface area contributed by atoms with Crippen molar-refractivity contribution in [2.45, 2.75) is 25.8 Å². The molecule has 2 amide bonds. The summed E-state index contributed by atoms with van der Waals surface area (Å²) in [6.45, 7) is 4.13. The van der Waals surface area contributed by atoms with Gasteiger partial charge in [0.2, 0.25) is 5.91 Å². The zero-order valence-corrected chi connectivity index (χ0v) is 17.5. The molecule has 2 fully saturated rings. The number of amides is 2. The molecule has 2 aromatic carbocycles. The van der Waals surface area contributed by atoms with Crippen molar-refractivity contribution in [3.05, 3.63) is 59.7 Å². The van der Waals surface area contributed by atoms with Crippen molar-refractivity contribution in [3.8, 4) is 5.75 Å². The third kappa shape index (κ3) is 5.19. The lowest BCUT2D eigenvalue weighted by atomic mass is 10.1. The third-order valence-electron chi connectivity index (χ3n) is 5.77. The highest BCUT2D eigenvalue weighted by Gasteiger charge is 2.29. The number of anilines is 1. The van der Waals surface area contributed by atoms with E-state index >= 15 is 0 Å². The second-order valence-corrected chi connectivity index (χ2v) is 8.11. The Morgan fingerprint density at radius 3 is 2.57 bits per heavy atom. The Morgan fingerprint density at radius 2 is 1.83 bits per heavy atom. The Kier molecular flexibility index (Phi) is 6.33. The van der Waals surface area contributed by atoms with Crippen molar-refractivity contribution < 1.29 is 14.3 Å². The van der Waals surface area contributed by atoms with Crippen LogP contribution in [-0.4, -0.2) is 54.9 Å². The fourth-order valence-electron chi connectivity index (χ4n) is 3.82. The molecule has 2 aliphatic rings. The van der Waals surface area contributed by atoms with Crippen molar-refractivity contribution in [1.82, 2.24) is 9.80 Å². The van der Waals surface area contributed by atoms with E-state index in [2.05, 4.69) is 22.3 Å². The molecule has 1 N–H and O–H groups in total. The van der Waals surface area contributed by atoms with Crippen molar-refractivity contribution >= 4 is 17.5 Å². The first kappa shape index (κ1) is 20.4. The number of carbonyl (C=O) groups excluding carboxylic acids is 2. The van der Waals surface area contributed by atoms with E-state index in [1.807, 2.05) is 35.2 Å². The minimum atomic E-state index is 0.0313. The molecule has 0 unspecified atom stereocenters. The lowest BCUT2D eigenvalue weighted by molar-refractivity contribution is -0.117. The highest BCUT2D eigenvalue weighted by Crippen LogP contribution is 2.30. The average Bonchev–Trinajstić information content (AvgIpc) is 3.62. The van der Waals surface area contributed by atoms with Gasteiger partial charge in [-0.3, -0.25) is 14.5 Å². The summed E-state index contributed by atoms with van der Waals surface area (Å²) in [4.78, 5) is 29.4. The van der Waals surface area contributed by atoms with E-state index in [1.54, 1.807) is 13.2 Å². The number of benzene rings is 2. The van der Waals surface area contributed by atoms with Gasteiger partial charge in [0.15, 0.2) is 0 Å². The van der Waals surface area contributed by atoms with Crippen LogP contribution < -0.4 is 10.1 Å². The molecule has 158 valence electrons. The maximum Gasteiger partial charge on any atom is 0.253 e. The van der Waals surface area contributed by atoms with Crippen LogP contribution in [0.5, 0.6) is 5.75 Å². The first-order valence-corrected chi connectivity index (χ1v) is 10.7. The van der Waals surface area contributed by atoms with Gasteiger partial charge in [0.25, 0.3) is 5.91 Å². The highest BCUT2D eigenvalue weighted by atomic mass is 16.5. The number of nitrogens with zero attached hydrogens (tertiary/aromatic N) is 2. The first-order chi connectivity index (χ1) is 14.6. The SMILES string of the molecule is COc1ccc(CN2CCCN(C(=O)c3cccc(NC(=O)C4CC4)c3)CC2)cc1. The molecule has 0 bridgehead atoms. The topological polar surface area (TPSA) is 61.9 Å². The number of ether oxygens (including phenoxy) is 1. The number of nitrogens with one attached hydrogen (secondary N) is 1. The van der Waals surface area contributed by atoms with E-state index < -0.39 is 0 Å². The molecular formula is C24H29N3O3. The van der Waals surface area contributed by atoms with Crippen molar-refractivity contribution in [3.63, 3.8) is 0 Å². The number of hydrogen-bond donors (Lipinski definition) is 1. The molecule has 1 saturated carbocycles. The average molecular weight is 408 g/mol. The lowest BCUT2D eigenvalue weighted by Crippen LogP contribution is -2.35. The van der Waals surface area contributed by atoms with Gasteiger partial charge in [-0.2, -0.15) is 0 Å². The molecule has 0 radical (unpaired) electrons. The molecule has 1 aliphatic heterocycles. The van der Waals surface area contributed by atoms with E-state index in [0.717, 1.165) is 51.2 Å².